The van der Waals surface area contributed by atoms with Gasteiger partial charge in [-0.1, -0.05) is 0 Å². The van der Waals surface area contributed by atoms with Gasteiger partial charge in [0.05, 0.1) is 17.4 Å². The summed E-state index contributed by atoms with van der Waals surface area (Å²) in [6, 6.07) is 12.5. The summed E-state index contributed by atoms with van der Waals surface area (Å²) in [5.74, 6) is 0. The standard InChI is InChI=1S/C23H16N6S/c1-13-2-3-21(30-13)18-11-25-12-20-16(18)9-19(27-20)22-17-8-15(10-26-23(17)29-28-22)14-4-6-24-7-5-14/h2-12,27H,1H3,(H,26,28,29). The minimum absolute atomic E-state index is 0.758. The van der Waals surface area contributed by atoms with Crippen LogP contribution in [0.15, 0.2) is 67.4 Å². The lowest BCUT2D eigenvalue weighted by molar-refractivity contribution is 1.10. The summed E-state index contributed by atoms with van der Waals surface area (Å²) >= 11 is 1.77. The molecule has 0 saturated heterocycles. The second kappa shape index (κ2) is 6.60. The van der Waals surface area contributed by atoms with Gasteiger partial charge in [-0.3, -0.25) is 15.1 Å². The number of pyridine rings is 3. The molecular formula is C23H16N6S. The third kappa shape index (κ3) is 2.71. The van der Waals surface area contributed by atoms with Crippen molar-refractivity contribution in [1.29, 1.82) is 0 Å². The van der Waals surface area contributed by atoms with Crippen LogP contribution in [0.4, 0.5) is 0 Å². The van der Waals surface area contributed by atoms with E-state index in [-0.39, 0.29) is 0 Å². The van der Waals surface area contributed by atoms with Crippen molar-refractivity contribution in [3.8, 4) is 33.0 Å². The Morgan fingerprint density at radius 3 is 2.60 bits per heavy atom. The molecule has 6 aromatic rings. The van der Waals surface area contributed by atoms with Crippen LogP contribution in [-0.2, 0) is 0 Å². The van der Waals surface area contributed by atoms with Crippen molar-refractivity contribution >= 4 is 33.3 Å². The van der Waals surface area contributed by atoms with E-state index in [9.17, 15) is 0 Å². The highest BCUT2D eigenvalue weighted by atomic mass is 32.1. The maximum atomic E-state index is 4.56. The van der Waals surface area contributed by atoms with Crippen molar-refractivity contribution in [2.75, 3.05) is 0 Å². The Morgan fingerprint density at radius 2 is 1.77 bits per heavy atom. The van der Waals surface area contributed by atoms with Crippen LogP contribution in [0.2, 0.25) is 0 Å². The van der Waals surface area contributed by atoms with E-state index in [1.165, 1.54) is 9.75 Å². The molecule has 0 unspecified atom stereocenters. The van der Waals surface area contributed by atoms with E-state index in [1.807, 2.05) is 30.7 Å². The molecule has 2 N–H and O–H groups in total. The Balaban J connectivity index is 1.52. The van der Waals surface area contributed by atoms with Gasteiger partial charge < -0.3 is 4.98 Å². The van der Waals surface area contributed by atoms with Gasteiger partial charge in [-0.25, -0.2) is 4.98 Å². The number of fused-ring (bicyclic) bond motifs is 2. The first-order valence-electron chi connectivity index (χ1n) is 9.55. The van der Waals surface area contributed by atoms with E-state index in [2.05, 4.69) is 61.3 Å². The maximum Gasteiger partial charge on any atom is 0.155 e. The third-order valence-electron chi connectivity index (χ3n) is 5.24. The fourth-order valence-electron chi connectivity index (χ4n) is 3.77. The molecule has 7 heteroatoms. The number of nitrogens with zero attached hydrogens (tertiary/aromatic N) is 4. The number of H-pyrrole nitrogens is 2. The van der Waals surface area contributed by atoms with Crippen LogP contribution < -0.4 is 0 Å². The predicted octanol–water partition coefficient (Wildman–Crippen LogP) is 5.60. The van der Waals surface area contributed by atoms with Crippen molar-refractivity contribution in [2.45, 2.75) is 6.92 Å². The molecule has 0 aromatic carbocycles. The summed E-state index contributed by atoms with van der Waals surface area (Å²) in [6.07, 6.45) is 9.21. The molecule has 30 heavy (non-hydrogen) atoms. The number of thiophene rings is 1. The number of rotatable bonds is 3. The molecule has 144 valence electrons. The van der Waals surface area contributed by atoms with Gasteiger partial charge in [-0.15, -0.1) is 11.3 Å². The largest absolute Gasteiger partial charge is 0.352 e. The van der Waals surface area contributed by atoms with Crippen molar-refractivity contribution in [3.63, 3.8) is 0 Å². The summed E-state index contributed by atoms with van der Waals surface area (Å²) in [5, 5.41) is 9.71. The van der Waals surface area contributed by atoms with Crippen LogP contribution in [-0.4, -0.2) is 30.1 Å². The molecule has 0 aliphatic rings. The van der Waals surface area contributed by atoms with Crippen LogP contribution in [0, 0.1) is 6.92 Å². The van der Waals surface area contributed by atoms with Gasteiger partial charge in [0, 0.05) is 56.4 Å². The zero-order valence-corrected chi connectivity index (χ0v) is 16.9. The molecule has 6 heterocycles. The van der Waals surface area contributed by atoms with Gasteiger partial charge in [0.1, 0.15) is 5.69 Å². The van der Waals surface area contributed by atoms with Gasteiger partial charge in [0.15, 0.2) is 5.65 Å². The van der Waals surface area contributed by atoms with Crippen LogP contribution >= 0.6 is 11.3 Å². The lowest BCUT2D eigenvalue weighted by Crippen LogP contribution is -1.83. The van der Waals surface area contributed by atoms with Crippen LogP contribution in [0.5, 0.6) is 0 Å². The summed E-state index contributed by atoms with van der Waals surface area (Å²) in [5.41, 5.74) is 6.76. The summed E-state index contributed by atoms with van der Waals surface area (Å²) < 4.78 is 0. The molecule has 0 bridgehead atoms. The number of hydrogen-bond acceptors (Lipinski definition) is 5. The van der Waals surface area contributed by atoms with Crippen molar-refractivity contribution < 1.29 is 0 Å². The molecule has 0 radical (unpaired) electrons. The molecule has 0 amide bonds. The van der Waals surface area contributed by atoms with Gasteiger partial charge >= 0.3 is 0 Å². The second-order valence-electron chi connectivity index (χ2n) is 7.17. The molecule has 0 aliphatic heterocycles. The second-order valence-corrected chi connectivity index (χ2v) is 8.46. The monoisotopic (exact) mass is 408 g/mol. The van der Waals surface area contributed by atoms with E-state index in [0.717, 1.165) is 50.0 Å². The average molecular weight is 408 g/mol. The number of nitrogens with one attached hydrogen (secondary N) is 2. The highest BCUT2D eigenvalue weighted by Crippen LogP contribution is 2.36. The molecule has 6 nitrogen and oxygen atoms in total. The van der Waals surface area contributed by atoms with E-state index >= 15 is 0 Å². The lowest BCUT2D eigenvalue weighted by Gasteiger charge is -2.01. The zero-order chi connectivity index (χ0) is 20.1. The van der Waals surface area contributed by atoms with E-state index in [4.69, 9.17) is 0 Å². The zero-order valence-electron chi connectivity index (χ0n) is 16.0. The van der Waals surface area contributed by atoms with E-state index < -0.39 is 0 Å². The topological polar surface area (TPSA) is 83.1 Å². The molecule has 0 atom stereocenters. The Hall–Kier alpha value is -3.84. The summed E-state index contributed by atoms with van der Waals surface area (Å²) in [7, 11) is 0. The minimum Gasteiger partial charge on any atom is -0.352 e. The maximum absolute atomic E-state index is 4.56. The molecule has 0 saturated carbocycles. The Morgan fingerprint density at radius 1 is 0.867 bits per heavy atom. The van der Waals surface area contributed by atoms with Crippen LogP contribution in [0.25, 0.3) is 54.9 Å². The highest BCUT2D eigenvalue weighted by molar-refractivity contribution is 7.15. The number of hydrogen-bond donors (Lipinski definition) is 2. The quantitative estimate of drug-likeness (QED) is 0.399. The average Bonchev–Trinajstić information content (AvgIpc) is 3.51. The molecule has 6 aromatic heterocycles. The number of aromatic nitrogens is 6. The summed E-state index contributed by atoms with van der Waals surface area (Å²) in [4.78, 5) is 19.1. The van der Waals surface area contributed by atoms with Gasteiger partial charge in [-0.05, 0) is 48.9 Å². The molecule has 6 rings (SSSR count). The molecular weight excluding hydrogens is 392 g/mol. The SMILES string of the molecule is Cc1ccc(-c2cncc3[nH]c(-c4n[nH]c5ncc(-c6ccncc6)cc45)cc23)s1. The Labute approximate surface area is 175 Å². The fourth-order valence-corrected chi connectivity index (χ4v) is 4.66. The predicted molar refractivity (Wildman–Crippen MR) is 120 cm³/mol. The number of aryl methyl sites for hydroxylation is 1. The van der Waals surface area contributed by atoms with Crippen molar-refractivity contribution in [3.05, 3.63) is 72.3 Å². The van der Waals surface area contributed by atoms with Crippen molar-refractivity contribution in [1.82, 2.24) is 30.1 Å². The van der Waals surface area contributed by atoms with Gasteiger partial charge in [0.25, 0.3) is 0 Å². The van der Waals surface area contributed by atoms with Crippen molar-refractivity contribution in [2.24, 2.45) is 0 Å². The molecule has 0 spiro atoms. The minimum atomic E-state index is 0.758. The summed E-state index contributed by atoms with van der Waals surface area (Å²) in [6.45, 7) is 2.12. The molecule has 0 fully saturated rings. The number of aromatic amines is 2. The Bertz CT molecular complexity index is 1510. The van der Waals surface area contributed by atoms with Gasteiger partial charge in [0.2, 0.25) is 0 Å². The first-order valence-corrected chi connectivity index (χ1v) is 10.4. The smallest absolute Gasteiger partial charge is 0.155 e. The highest BCUT2D eigenvalue weighted by Gasteiger charge is 2.15. The van der Waals surface area contributed by atoms with Crippen LogP contribution in [0.1, 0.15) is 4.88 Å². The fraction of sp³-hybridized carbons (Fsp3) is 0.0435. The lowest BCUT2D eigenvalue weighted by atomic mass is 10.1. The normalized spacial score (nSPS) is 11.5. The first-order chi connectivity index (χ1) is 14.8. The van der Waals surface area contributed by atoms with E-state index in [0.29, 0.717) is 0 Å². The van der Waals surface area contributed by atoms with E-state index in [1.54, 1.807) is 23.7 Å². The van der Waals surface area contributed by atoms with Crippen LogP contribution in [0.3, 0.4) is 0 Å². The molecule has 0 aliphatic carbocycles. The third-order valence-corrected chi connectivity index (χ3v) is 6.27. The first kappa shape index (κ1) is 17.1. The van der Waals surface area contributed by atoms with Gasteiger partial charge in [-0.2, -0.15) is 5.10 Å². The Kier molecular flexibility index (Phi) is 3.75.